The third-order valence-corrected chi connectivity index (χ3v) is 4.09. The van der Waals surface area contributed by atoms with Gasteiger partial charge in [0.05, 0.1) is 17.1 Å². The number of aromatic amines is 1. The van der Waals surface area contributed by atoms with Crippen molar-refractivity contribution in [1.82, 2.24) is 14.9 Å². The zero-order valence-electron chi connectivity index (χ0n) is 13.0. The molecule has 5 heteroatoms. The van der Waals surface area contributed by atoms with Crippen LogP contribution in [0.5, 0.6) is 11.5 Å². The molecule has 1 aromatic carbocycles. The number of fused-ring (bicyclic) bond motifs is 2. The summed E-state index contributed by atoms with van der Waals surface area (Å²) in [5.74, 6) is 2.58. The highest BCUT2D eigenvalue weighted by atomic mass is 16.6. The fraction of sp³-hybridized carbons (Fsp3) is 0.562. The van der Waals surface area contributed by atoms with Crippen LogP contribution in [0.25, 0.3) is 11.0 Å². The molecule has 1 aliphatic rings. The molecule has 5 nitrogen and oxygen atoms in total. The maximum atomic E-state index is 5.62. The van der Waals surface area contributed by atoms with Crippen LogP contribution >= 0.6 is 0 Å². The Hall–Kier alpha value is -1.75. The number of H-pyrrole nitrogens is 1. The molecule has 0 saturated heterocycles. The highest BCUT2D eigenvalue weighted by molar-refractivity contribution is 5.80. The average molecular weight is 289 g/mol. The van der Waals surface area contributed by atoms with Gasteiger partial charge in [0.25, 0.3) is 0 Å². The Morgan fingerprint density at radius 3 is 2.71 bits per heavy atom. The smallest absolute Gasteiger partial charge is 0.163 e. The molecule has 2 aromatic rings. The minimum Gasteiger partial charge on any atom is -0.486 e. The summed E-state index contributed by atoms with van der Waals surface area (Å²) in [7, 11) is 2.14. The number of hydrogen-bond donors (Lipinski definition) is 1. The summed E-state index contributed by atoms with van der Waals surface area (Å²) >= 11 is 0. The van der Waals surface area contributed by atoms with Gasteiger partial charge >= 0.3 is 0 Å². The number of aromatic nitrogens is 2. The van der Waals surface area contributed by atoms with Gasteiger partial charge in [-0.1, -0.05) is 13.3 Å². The van der Waals surface area contributed by atoms with Crippen molar-refractivity contribution >= 4 is 11.0 Å². The van der Waals surface area contributed by atoms with E-state index >= 15 is 0 Å². The molecule has 1 N–H and O–H groups in total. The monoisotopic (exact) mass is 289 g/mol. The first-order valence-corrected chi connectivity index (χ1v) is 7.68. The van der Waals surface area contributed by atoms with Crippen molar-refractivity contribution in [2.24, 2.45) is 0 Å². The summed E-state index contributed by atoms with van der Waals surface area (Å²) in [6.07, 6.45) is 2.41. The quantitative estimate of drug-likeness (QED) is 0.918. The van der Waals surface area contributed by atoms with Crippen LogP contribution < -0.4 is 9.47 Å². The van der Waals surface area contributed by atoms with E-state index in [4.69, 9.17) is 14.5 Å². The van der Waals surface area contributed by atoms with Crippen molar-refractivity contribution in [3.05, 3.63) is 18.0 Å². The van der Waals surface area contributed by atoms with Gasteiger partial charge in [-0.15, -0.1) is 0 Å². The molecule has 1 aliphatic heterocycles. The third-order valence-electron chi connectivity index (χ3n) is 4.09. The lowest BCUT2D eigenvalue weighted by Gasteiger charge is -2.22. The molecule has 1 atom stereocenters. The number of unbranched alkanes of at least 4 members (excludes halogenated alkanes) is 1. The van der Waals surface area contributed by atoms with Crippen LogP contribution in [0.1, 0.15) is 38.6 Å². The average Bonchev–Trinajstić information content (AvgIpc) is 2.92. The van der Waals surface area contributed by atoms with E-state index in [1.54, 1.807) is 0 Å². The minimum absolute atomic E-state index is 0.266. The summed E-state index contributed by atoms with van der Waals surface area (Å²) in [6.45, 7) is 6.68. The molecule has 1 aromatic heterocycles. The van der Waals surface area contributed by atoms with Crippen LogP contribution in [0.4, 0.5) is 0 Å². The second-order valence-corrected chi connectivity index (χ2v) is 5.65. The first kappa shape index (κ1) is 14.2. The van der Waals surface area contributed by atoms with Gasteiger partial charge in [-0.25, -0.2) is 4.98 Å². The lowest BCUT2D eigenvalue weighted by atomic mass is 10.2. The Morgan fingerprint density at radius 1 is 1.29 bits per heavy atom. The van der Waals surface area contributed by atoms with Gasteiger partial charge in [-0.3, -0.25) is 4.90 Å². The Labute approximate surface area is 125 Å². The van der Waals surface area contributed by atoms with Crippen molar-refractivity contribution < 1.29 is 9.47 Å². The van der Waals surface area contributed by atoms with Crippen LogP contribution in [0.15, 0.2) is 12.1 Å². The van der Waals surface area contributed by atoms with Gasteiger partial charge in [0.2, 0.25) is 0 Å². The molecule has 0 bridgehead atoms. The second-order valence-electron chi connectivity index (χ2n) is 5.65. The fourth-order valence-corrected chi connectivity index (χ4v) is 2.57. The minimum atomic E-state index is 0.266. The van der Waals surface area contributed by atoms with E-state index in [0.29, 0.717) is 13.2 Å². The second kappa shape index (κ2) is 5.93. The molecule has 0 aliphatic carbocycles. The molecule has 21 heavy (non-hydrogen) atoms. The molecule has 0 amide bonds. The summed E-state index contributed by atoms with van der Waals surface area (Å²) in [5, 5.41) is 0. The zero-order chi connectivity index (χ0) is 14.8. The Kier molecular flexibility index (Phi) is 4.01. The summed E-state index contributed by atoms with van der Waals surface area (Å²) in [6, 6.07) is 4.21. The number of benzene rings is 1. The molecule has 2 heterocycles. The molecule has 0 spiro atoms. The van der Waals surface area contributed by atoms with Crippen LogP contribution in [0, 0.1) is 0 Å². The molecule has 114 valence electrons. The molecular formula is C16H23N3O2. The summed E-state index contributed by atoms with van der Waals surface area (Å²) < 4.78 is 11.2. The van der Waals surface area contributed by atoms with E-state index in [-0.39, 0.29) is 6.04 Å². The van der Waals surface area contributed by atoms with Crippen LogP contribution in [-0.2, 0) is 0 Å². The number of nitrogens with one attached hydrogen (secondary N) is 1. The van der Waals surface area contributed by atoms with E-state index in [1.807, 2.05) is 12.1 Å². The molecule has 3 rings (SSSR count). The van der Waals surface area contributed by atoms with E-state index in [0.717, 1.165) is 34.9 Å². The predicted molar refractivity (Wildman–Crippen MR) is 83.0 cm³/mol. The number of rotatable bonds is 5. The number of hydrogen-bond acceptors (Lipinski definition) is 4. The Morgan fingerprint density at radius 2 is 2.00 bits per heavy atom. The van der Waals surface area contributed by atoms with Crippen molar-refractivity contribution in [1.29, 1.82) is 0 Å². The predicted octanol–water partition coefficient (Wildman–Crippen LogP) is 3.13. The van der Waals surface area contributed by atoms with Gasteiger partial charge in [-0.05, 0) is 26.9 Å². The Bertz CT molecular complexity index is 580. The lowest BCUT2D eigenvalue weighted by molar-refractivity contribution is 0.172. The lowest BCUT2D eigenvalue weighted by Crippen LogP contribution is -2.24. The molecular weight excluding hydrogens is 266 g/mol. The molecule has 0 fully saturated rings. The van der Waals surface area contributed by atoms with Gasteiger partial charge in [0.1, 0.15) is 19.0 Å². The summed E-state index contributed by atoms with van der Waals surface area (Å²) in [4.78, 5) is 10.5. The van der Waals surface area contributed by atoms with Crippen LogP contribution in [0.3, 0.4) is 0 Å². The van der Waals surface area contributed by atoms with E-state index in [9.17, 15) is 0 Å². The molecule has 0 radical (unpaired) electrons. The van der Waals surface area contributed by atoms with Crippen LogP contribution in [0.2, 0.25) is 0 Å². The maximum Gasteiger partial charge on any atom is 0.163 e. The van der Waals surface area contributed by atoms with E-state index in [1.165, 1.54) is 12.8 Å². The first-order chi connectivity index (χ1) is 10.2. The fourth-order valence-electron chi connectivity index (χ4n) is 2.57. The van der Waals surface area contributed by atoms with Crippen molar-refractivity contribution in [3.8, 4) is 11.5 Å². The number of ether oxygens (including phenoxy) is 2. The Balaban J connectivity index is 1.86. The van der Waals surface area contributed by atoms with Gasteiger partial charge in [0, 0.05) is 12.1 Å². The highest BCUT2D eigenvalue weighted by Gasteiger charge is 2.18. The van der Waals surface area contributed by atoms with Crippen molar-refractivity contribution in [2.45, 2.75) is 32.7 Å². The van der Waals surface area contributed by atoms with E-state index < -0.39 is 0 Å². The van der Waals surface area contributed by atoms with Gasteiger partial charge < -0.3 is 14.5 Å². The third kappa shape index (κ3) is 2.83. The van der Waals surface area contributed by atoms with Gasteiger partial charge in [0.15, 0.2) is 11.5 Å². The largest absolute Gasteiger partial charge is 0.486 e. The zero-order valence-corrected chi connectivity index (χ0v) is 13.0. The van der Waals surface area contributed by atoms with Crippen LogP contribution in [-0.4, -0.2) is 41.7 Å². The molecule has 0 saturated carbocycles. The van der Waals surface area contributed by atoms with Crippen molar-refractivity contribution in [3.63, 3.8) is 0 Å². The SMILES string of the molecule is CCCCN(C)C(C)c1nc2cc3c(cc2[nH]1)OCCO3. The maximum absolute atomic E-state index is 5.62. The number of nitrogens with zero attached hydrogens (tertiary/aromatic N) is 2. The normalized spacial score (nSPS) is 15.6. The van der Waals surface area contributed by atoms with E-state index in [2.05, 4.69) is 30.8 Å². The van der Waals surface area contributed by atoms with Gasteiger partial charge in [-0.2, -0.15) is 0 Å². The highest BCUT2D eigenvalue weighted by Crippen LogP contribution is 2.34. The first-order valence-electron chi connectivity index (χ1n) is 7.68. The molecule has 1 unspecified atom stereocenters. The standard InChI is InChI=1S/C16H23N3O2/c1-4-5-6-19(3)11(2)16-17-12-9-14-15(10-13(12)18-16)21-8-7-20-14/h9-11H,4-8H2,1-3H3,(H,17,18). The summed E-state index contributed by atoms with van der Waals surface area (Å²) in [5.41, 5.74) is 1.94. The number of imidazole rings is 1. The topological polar surface area (TPSA) is 50.4 Å². The van der Waals surface area contributed by atoms with Crippen molar-refractivity contribution in [2.75, 3.05) is 26.8 Å².